The smallest absolute Gasteiger partial charge is 0.256 e. The summed E-state index contributed by atoms with van der Waals surface area (Å²) in [5.41, 5.74) is 2.74. The molecule has 0 aromatic heterocycles. The molecule has 250 valence electrons. The quantitative estimate of drug-likeness (QED) is 0.280. The van der Waals surface area contributed by atoms with Crippen molar-refractivity contribution in [1.29, 1.82) is 0 Å². The Kier molecular flexibility index (Phi) is 7.13. The van der Waals surface area contributed by atoms with E-state index in [1.807, 2.05) is 28.1 Å². The molecule has 2 N–H and O–H groups in total. The average Bonchev–Trinajstić information content (AvgIpc) is 3.95. The summed E-state index contributed by atoms with van der Waals surface area (Å²) in [5, 5.41) is 1.71. The predicted octanol–water partition coefficient (Wildman–Crippen LogP) is 5.12. The van der Waals surface area contributed by atoms with Crippen LogP contribution in [-0.4, -0.2) is 86.5 Å². The number of rotatable bonds is 10. The number of hydrazine groups is 1. The number of unbranched alkanes of at least 4 members (excludes halogenated alkanes) is 2. The SMILES string of the molecule is COc1cc2c(cc1OCCCCCOc1cc3c(cc1OC)C(=O)N1CC4(CC4)C[C@@]1(C)CN3N)N=CC1CC3(CC3)CN1C2=O. The molecule has 47 heavy (non-hydrogen) atoms. The molecule has 2 aromatic carbocycles. The maximum absolute atomic E-state index is 13.7. The van der Waals surface area contributed by atoms with Gasteiger partial charge in [-0.25, -0.2) is 5.84 Å². The molecule has 2 aromatic rings. The fourth-order valence-corrected chi connectivity index (χ4v) is 8.44. The van der Waals surface area contributed by atoms with Gasteiger partial charge in [0.2, 0.25) is 0 Å². The van der Waals surface area contributed by atoms with Crippen molar-refractivity contribution in [3.05, 3.63) is 35.4 Å². The molecule has 0 radical (unpaired) electrons. The van der Waals surface area contributed by atoms with E-state index in [0.29, 0.717) is 70.7 Å². The first-order chi connectivity index (χ1) is 22.7. The topological polar surface area (TPSA) is 119 Å². The van der Waals surface area contributed by atoms with Crippen molar-refractivity contribution in [3.63, 3.8) is 0 Å². The number of hydrogen-bond donors (Lipinski definition) is 1. The molecule has 2 amide bonds. The van der Waals surface area contributed by atoms with E-state index < -0.39 is 0 Å². The zero-order valence-corrected chi connectivity index (χ0v) is 27.7. The molecular weight excluding hydrogens is 598 g/mol. The fraction of sp³-hybridized carbons (Fsp3) is 0.583. The van der Waals surface area contributed by atoms with Crippen LogP contribution in [0.4, 0.5) is 11.4 Å². The van der Waals surface area contributed by atoms with Gasteiger partial charge in [0.05, 0.1) is 68.1 Å². The van der Waals surface area contributed by atoms with Crippen LogP contribution in [0.2, 0.25) is 0 Å². The van der Waals surface area contributed by atoms with Crippen molar-refractivity contribution in [2.75, 3.05) is 52.1 Å². The average molecular weight is 644 g/mol. The van der Waals surface area contributed by atoms with Crippen LogP contribution in [0.1, 0.15) is 85.4 Å². The van der Waals surface area contributed by atoms with Gasteiger partial charge in [0.15, 0.2) is 23.0 Å². The minimum Gasteiger partial charge on any atom is -0.493 e. The molecule has 6 aliphatic rings. The number of methoxy groups -OCH3 is 2. The van der Waals surface area contributed by atoms with E-state index in [-0.39, 0.29) is 28.8 Å². The number of aliphatic imine (C=N–C) groups is 1. The van der Waals surface area contributed by atoms with E-state index in [0.717, 1.165) is 45.2 Å². The van der Waals surface area contributed by atoms with Crippen LogP contribution < -0.4 is 29.8 Å². The van der Waals surface area contributed by atoms with E-state index >= 15 is 0 Å². The molecule has 2 saturated carbocycles. The highest BCUT2D eigenvalue weighted by Crippen LogP contribution is 2.59. The molecule has 1 unspecified atom stereocenters. The molecule has 8 rings (SSSR count). The van der Waals surface area contributed by atoms with Crippen LogP contribution in [0.25, 0.3) is 0 Å². The molecule has 2 saturated heterocycles. The normalized spacial score (nSPS) is 25.6. The lowest BCUT2D eigenvalue weighted by molar-refractivity contribution is 0.0643. The molecule has 2 atom stereocenters. The molecule has 11 heteroatoms. The van der Waals surface area contributed by atoms with Crippen LogP contribution in [-0.2, 0) is 0 Å². The second-order valence-corrected chi connectivity index (χ2v) is 15.0. The number of anilines is 1. The van der Waals surface area contributed by atoms with Gasteiger partial charge < -0.3 is 33.8 Å². The summed E-state index contributed by atoms with van der Waals surface area (Å²) in [6.07, 6.45) is 11.2. The minimum atomic E-state index is -0.290. The summed E-state index contributed by atoms with van der Waals surface area (Å²) < 4.78 is 23.6. The van der Waals surface area contributed by atoms with Crippen molar-refractivity contribution < 1.29 is 28.5 Å². The first kappa shape index (κ1) is 30.4. The Labute approximate surface area is 275 Å². The van der Waals surface area contributed by atoms with Crippen LogP contribution in [0.3, 0.4) is 0 Å². The van der Waals surface area contributed by atoms with Gasteiger partial charge in [-0.1, -0.05) is 0 Å². The highest BCUT2D eigenvalue weighted by molar-refractivity contribution is 6.04. The lowest BCUT2D eigenvalue weighted by atomic mass is 9.92. The Hall–Kier alpha value is -3.99. The third kappa shape index (κ3) is 5.27. The lowest BCUT2D eigenvalue weighted by Gasteiger charge is -2.35. The zero-order chi connectivity index (χ0) is 32.6. The van der Waals surface area contributed by atoms with E-state index in [2.05, 4.69) is 6.92 Å². The Bertz CT molecular complexity index is 1650. The number of fused-ring (bicyclic) bond motifs is 4. The fourth-order valence-electron chi connectivity index (χ4n) is 8.44. The van der Waals surface area contributed by atoms with Crippen molar-refractivity contribution in [1.82, 2.24) is 9.80 Å². The number of ether oxygens (including phenoxy) is 4. The van der Waals surface area contributed by atoms with E-state index in [1.54, 1.807) is 31.4 Å². The van der Waals surface area contributed by atoms with Crippen LogP contribution in [0.5, 0.6) is 23.0 Å². The van der Waals surface area contributed by atoms with Gasteiger partial charge in [0.25, 0.3) is 11.8 Å². The largest absolute Gasteiger partial charge is 0.493 e. The summed E-state index contributed by atoms with van der Waals surface area (Å²) in [6.45, 7) is 5.33. The molecular formula is C36H45N5O6. The lowest BCUT2D eigenvalue weighted by Crippen LogP contribution is -2.51. The number of carbonyl (C=O) groups excluding carboxylic acids is 2. The first-order valence-corrected chi connectivity index (χ1v) is 17.0. The maximum atomic E-state index is 13.7. The Morgan fingerprint density at radius 2 is 1.47 bits per heavy atom. The van der Waals surface area contributed by atoms with Gasteiger partial charge in [-0.3, -0.25) is 14.6 Å². The Morgan fingerprint density at radius 1 is 0.809 bits per heavy atom. The summed E-state index contributed by atoms with van der Waals surface area (Å²) in [4.78, 5) is 35.9. The highest BCUT2D eigenvalue weighted by Gasteiger charge is 2.59. The number of amides is 2. The monoisotopic (exact) mass is 643 g/mol. The number of carbonyl (C=O) groups is 2. The number of nitrogens with zero attached hydrogens (tertiary/aromatic N) is 4. The highest BCUT2D eigenvalue weighted by atomic mass is 16.5. The second kappa shape index (κ2) is 11.0. The molecule has 11 nitrogen and oxygen atoms in total. The zero-order valence-electron chi connectivity index (χ0n) is 27.7. The van der Waals surface area contributed by atoms with Gasteiger partial charge in [0, 0.05) is 31.4 Å². The van der Waals surface area contributed by atoms with Gasteiger partial charge in [-0.05, 0) is 87.7 Å². The third-order valence-electron chi connectivity index (χ3n) is 11.4. The molecule has 2 spiro atoms. The molecule has 4 aliphatic heterocycles. The number of nitrogens with two attached hydrogens (primary N) is 1. The van der Waals surface area contributed by atoms with Crippen molar-refractivity contribution in [2.45, 2.75) is 76.3 Å². The van der Waals surface area contributed by atoms with Crippen molar-refractivity contribution in [3.8, 4) is 23.0 Å². The van der Waals surface area contributed by atoms with Gasteiger partial charge in [-0.2, -0.15) is 0 Å². The standard InChI is InChI=1S/C36H45N5O6/c1-34-19-36(9-10-36)22-40(34)33(43)25-14-29(45-3)31(16-27(25)41(37)20-34)47-12-6-4-5-11-46-30-15-26-24(13-28(30)44-2)32(42)39-21-35(7-8-35)17-23(39)18-38-26/h13-16,18,23H,4-12,17,19-22,37H2,1-3H3/t23?,34-/m0/s1. The van der Waals surface area contributed by atoms with Gasteiger partial charge >= 0.3 is 0 Å². The van der Waals surface area contributed by atoms with Crippen LogP contribution in [0, 0.1) is 10.8 Å². The molecule has 0 bridgehead atoms. The summed E-state index contributed by atoms with van der Waals surface area (Å²) in [6, 6.07) is 7.29. The first-order valence-electron chi connectivity index (χ1n) is 17.0. The molecule has 2 aliphatic carbocycles. The summed E-state index contributed by atoms with van der Waals surface area (Å²) in [5.74, 6) is 8.86. The third-order valence-corrected chi connectivity index (χ3v) is 11.4. The second-order valence-electron chi connectivity index (χ2n) is 15.0. The van der Waals surface area contributed by atoms with Crippen molar-refractivity contribution in [2.24, 2.45) is 21.7 Å². The van der Waals surface area contributed by atoms with Crippen molar-refractivity contribution >= 4 is 29.4 Å². The van der Waals surface area contributed by atoms with E-state index in [1.165, 1.54) is 25.7 Å². The minimum absolute atomic E-state index is 0.0143. The summed E-state index contributed by atoms with van der Waals surface area (Å²) in [7, 11) is 3.19. The Balaban J connectivity index is 0.862. The maximum Gasteiger partial charge on any atom is 0.256 e. The number of benzene rings is 2. The van der Waals surface area contributed by atoms with E-state index in [9.17, 15) is 9.59 Å². The summed E-state index contributed by atoms with van der Waals surface area (Å²) >= 11 is 0. The molecule has 4 heterocycles. The number of hydrogen-bond acceptors (Lipinski definition) is 9. The van der Waals surface area contributed by atoms with Gasteiger partial charge in [-0.15, -0.1) is 0 Å². The Morgan fingerprint density at radius 3 is 2.13 bits per heavy atom. The molecule has 4 fully saturated rings. The van der Waals surface area contributed by atoms with Crippen LogP contribution in [0.15, 0.2) is 29.3 Å². The predicted molar refractivity (Wildman–Crippen MR) is 177 cm³/mol. The van der Waals surface area contributed by atoms with Gasteiger partial charge in [0.1, 0.15) is 0 Å². The van der Waals surface area contributed by atoms with Crippen LogP contribution >= 0.6 is 0 Å². The van der Waals surface area contributed by atoms with E-state index in [4.69, 9.17) is 29.8 Å².